The van der Waals surface area contributed by atoms with Crippen LogP contribution in [-0.4, -0.2) is 29.5 Å². The topological polar surface area (TPSA) is 55.1 Å². The van der Waals surface area contributed by atoms with E-state index in [1.807, 2.05) is 11.8 Å². The summed E-state index contributed by atoms with van der Waals surface area (Å²) in [7, 11) is 0. The Morgan fingerprint density at radius 1 is 1.25 bits per heavy atom. The van der Waals surface area contributed by atoms with Crippen molar-refractivity contribution in [2.24, 2.45) is 11.1 Å². The fraction of sp³-hybridized carbons (Fsp3) is 0.938. The zero-order valence-electron chi connectivity index (χ0n) is 12.8. The first-order valence-electron chi connectivity index (χ1n) is 8.30. The van der Waals surface area contributed by atoms with E-state index in [9.17, 15) is 4.79 Å². The zero-order chi connectivity index (χ0) is 14.4. The second kappa shape index (κ2) is 7.69. The van der Waals surface area contributed by atoms with Gasteiger partial charge in [0, 0.05) is 17.7 Å². The van der Waals surface area contributed by atoms with Crippen LogP contribution in [-0.2, 0) is 4.79 Å². The van der Waals surface area contributed by atoms with Crippen LogP contribution >= 0.6 is 11.8 Å². The Balaban J connectivity index is 1.84. The largest absolute Gasteiger partial charge is 0.352 e. The monoisotopic (exact) mass is 298 g/mol. The summed E-state index contributed by atoms with van der Waals surface area (Å²) in [5.74, 6) is 1.38. The van der Waals surface area contributed by atoms with Crippen molar-refractivity contribution in [3.63, 3.8) is 0 Å². The van der Waals surface area contributed by atoms with Crippen molar-refractivity contribution in [1.29, 1.82) is 0 Å². The Morgan fingerprint density at radius 3 is 2.65 bits per heavy atom. The highest BCUT2D eigenvalue weighted by Gasteiger charge is 2.35. The predicted octanol–water partition coefficient (Wildman–Crippen LogP) is 3.08. The fourth-order valence-electron chi connectivity index (χ4n) is 3.86. The van der Waals surface area contributed by atoms with E-state index in [2.05, 4.69) is 12.2 Å². The molecule has 116 valence electrons. The van der Waals surface area contributed by atoms with Gasteiger partial charge in [0.15, 0.2) is 0 Å². The molecule has 2 unspecified atom stereocenters. The van der Waals surface area contributed by atoms with Crippen molar-refractivity contribution in [3.8, 4) is 0 Å². The molecule has 0 bridgehead atoms. The van der Waals surface area contributed by atoms with Crippen LogP contribution in [0.2, 0.25) is 0 Å². The number of hydrogen-bond acceptors (Lipinski definition) is 3. The average molecular weight is 298 g/mol. The van der Waals surface area contributed by atoms with Gasteiger partial charge in [-0.1, -0.05) is 32.6 Å². The smallest absolute Gasteiger partial charge is 0.220 e. The molecule has 2 rings (SSSR count). The molecule has 0 aromatic heterocycles. The van der Waals surface area contributed by atoms with Gasteiger partial charge < -0.3 is 11.1 Å². The van der Waals surface area contributed by atoms with Crippen LogP contribution in [0.3, 0.4) is 0 Å². The molecular formula is C16H30N2OS. The molecule has 0 radical (unpaired) electrons. The van der Waals surface area contributed by atoms with E-state index in [0.717, 1.165) is 25.0 Å². The number of nitrogens with two attached hydrogens (primary N) is 1. The Kier molecular flexibility index (Phi) is 6.21. The molecule has 4 heteroatoms. The molecule has 0 heterocycles. The number of carbonyl (C=O) groups is 1. The number of rotatable bonds is 6. The minimum atomic E-state index is 0.0916. The molecule has 0 aromatic carbocycles. The van der Waals surface area contributed by atoms with Gasteiger partial charge >= 0.3 is 0 Å². The average Bonchev–Trinajstić information content (AvgIpc) is 2.87. The van der Waals surface area contributed by atoms with Gasteiger partial charge in [-0.3, -0.25) is 4.79 Å². The summed E-state index contributed by atoms with van der Waals surface area (Å²) in [6.07, 6.45) is 10.4. The van der Waals surface area contributed by atoms with E-state index in [1.54, 1.807) is 0 Å². The third-order valence-corrected chi connectivity index (χ3v) is 6.39. The Labute approximate surface area is 127 Å². The van der Waals surface area contributed by atoms with Crippen LogP contribution in [0, 0.1) is 5.41 Å². The van der Waals surface area contributed by atoms with Crippen molar-refractivity contribution in [2.45, 2.75) is 76.0 Å². The lowest BCUT2D eigenvalue weighted by Crippen LogP contribution is -2.43. The third-order valence-electron chi connectivity index (χ3n) is 5.06. The zero-order valence-corrected chi connectivity index (χ0v) is 13.6. The molecule has 2 saturated carbocycles. The quantitative estimate of drug-likeness (QED) is 0.792. The van der Waals surface area contributed by atoms with E-state index in [-0.39, 0.29) is 11.3 Å². The van der Waals surface area contributed by atoms with E-state index >= 15 is 0 Å². The van der Waals surface area contributed by atoms with Crippen molar-refractivity contribution >= 4 is 17.7 Å². The summed E-state index contributed by atoms with van der Waals surface area (Å²) in [5, 5.41) is 3.93. The molecule has 0 spiro atoms. The Bertz CT molecular complexity index is 316. The van der Waals surface area contributed by atoms with E-state index < -0.39 is 0 Å². The van der Waals surface area contributed by atoms with Crippen LogP contribution in [0.1, 0.15) is 64.7 Å². The van der Waals surface area contributed by atoms with Crippen molar-refractivity contribution < 1.29 is 4.79 Å². The highest BCUT2D eigenvalue weighted by Crippen LogP contribution is 2.38. The molecule has 2 aliphatic carbocycles. The Hall–Kier alpha value is -0.220. The van der Waals surface area contributed by atoms with Gasteiger partial charge in [0.05, 0.1) is 0 Å². The minimum Gasteiger partial charge on any atom is -0.352 e. The summed E-state index contributed by atoms with van der Waals surface area (Å²) in [6.45, 7) is 2.87. The third kappa shape index (κ3) is 4.14. The van der Waals surface area contributed by atoms with Crippen molar-refractivity contribution in [3.05, 3.63) is 0 Å². The molecule has 0 saturated heterocycles. The van der Waals surface area contributed by atoms with E-state index in [4.69, 9.17) is 5.73 Å². The van der Waals surface area contributed by atoms with Gasteiger partial charge in [-0.2, -0.15) is 11.8 Å². The van der Waals surface area contributed by atoms with Crippen LogP contribution < -0.4 is 11.1 Å². The Morgan fingerprint density at radius 2 is 2.00 bits per heavy atom. The molecule has 2 fully saturated rings. The molecular weight excluding hydrogens is 268 g/mol. The van der Waals surface area contributed by atoms with E-state index in [0.29, 0.717) is 24.3 Å². The minimum absolute atomic E-state index is 0.0916. The molecule has 2 aliphatic rings. The highest BCUT2D eigenvalue weighted by molar-refractivity contribution is 7.99. The number of nitrogens with one attached hydrogen (secondary N) is 1. The first kappa shape index (κ1) is 16.2. The standard InChI is InChI=1S/C16H30N2OS/c1-2-20-14-8-6-7-13(14)18-15(19)11-16(12-17)9-4-3-5-10-16/h13-14H,2-12,17H2,1H3,(H,18,19). The number of carbonyl (C=O) groups excluding carboxylic acids is 1. The first-order chi connectivity index (χ1) is 9.69. The van der Waals surface area contributed by atoms with Crippen molar-refractivity contribution in [1.82, 2.24) is 5.32 Å². The normalized spacial score (nSPS) is 29.3. The van der Waals surface area contributed by atoms with E-state index in [1.165, 1.54) is 32.1 Å². The molecule has 2 atom stereocenters. The van der Waals surface area contributed by atoms with Crippen LogP contribution in [0.25, 0.3) is 0 Å². The number of hydrogen-bond donors (Lipinski definition) is 2. The second-order valence-electron chi connectivity index (χ2n) is 6.54. The van der Waals surface area contributed by atoms with Gasteiger partial charge in [0.2, 0.25) is 5.91 Å². The predicted molar refractivity (Wildman–Crippen MR) is 86.9 cm³/mol. The lowest BCUT2D eigenvalue weighted by atomic mass is 9.71. The lowest BCUT2D eigenvalue weighted by molar-refractivity contribution is -0.124. The summed E-state index contributed by atoms with van der Waals surface area (Å²) >= 11 is 2.00. The molecule has 0 aromatic rings. The maximum atomic E-state index is 12.4. The van der Waals surface area contributed by atoms with Gasteiger partial charge in [0.25, 0.3) is 0 Å². The van der Waals surface area contributed by atoms with Crippen LogP contribution in [0.15, 0.2) is 0 Å². The number of amides is 1. The molecule has 3 N–H and O–H groups in total. The summed E-state index contributed by atoms with van der Waals surface area (Å²) in [6, 6.07) is 0.394. The van der Waals surface area contributed by atoms with Gasteiger partial charge in [-0.25, -0.2) is 0 Å². The summed E-state index contributed by atoms with van der Waals surface area (Å²) in [5.41, 5.74) is 6.08. The van der Waals surface area contributed by atoms with Gasteiger partial charge in [-0.15, -0.1) is 0 Å². The maximum Gasteiger partial charge on any atom is 0.220 e. The summed E-state index contributed by atoms with van der Waals surface area (Å²) in [4.78, 5) is 12.4. The maximum absolute atomic E-state index is 12.4. The summed E-state index contributed by atoms with van der Waals surface area (Å²) < 4.78 is 0. The molecule has 0 aliphatic heterocycles. The van der Waals surface area contributed by atoms with Crippen LogP contribution in [0.4, 0.5) is 0 Å². The second-order valence-corrected chi connectivity index (χ2v) is 8.06. The molecule has 20 heavy (non-hydrogen) atoms. The van der Waals surface area contributed by atoms with Gasteiger partial charge in [0.1, 0.15) is 0 Å². The van der Waals surface area contributed by atoms with Crippen LogP contribution in [0.5, 0.6) is 0 Å². The van der Waals surface area contributed by atoms with Crippen molar-refractivity contribution in [2.75, 3.05) is 12.3 Å². The number of thioether (sulfide) groups is 1. The highest BCUT2D eigenvalue weighted by atomic mass is 32.2. The fourth-order valence-corrected chi connectivity index (χ4v) is 5.06. The lowest BCUT2D eigenvalue weighted by Gasteiger charge is -2.36. The first-order valence-corrected chi connectivity index (χ1v) is 9.35. The SMILES string of the molecule is CCSC1CCCC1NC(=O)CC1(CN)CCCCC1. The van der Waals surface area contributed by atoms with Gasteiger partial charge in [-0.05, 0) is 43.4 Å². The molecule has 1 amide bonds. The molecule has 3 nitrogen and oxygen atoms in total.